The van der Waals surface area contributed by atoms with Crippen molar-refractivity contribution < 1.29 is 9.18 Å². The van der Waals surface area contributed by atoms with Crippen LogP contribution in [0.3, 0.4) is 0 Å². The molecule has 0 radical (unpaired) electrons. The SMILES string of the molecule is N#Cc1c(CCCNC(=O)CCc2c[nH]c3ccccc23)nn(-c2ccc(F)cc2)c1N. The summed E-state index contributed by atoms with van der Waals surface area (Å²) < 4.78 is 14.6. The molecule has 2 heterocycles. The molecule has 7 nitrogen and oxygen atoms in total. The number of nitrogens with one attached hydrogen (secondary N) is 2. The first kappa shape index (κ1) is 21.1. The van der Waals surface area contributed by atoms with Gasteiger partial charge in [-0.15, -0.1) is 0 Å². The summed E-state index contributed by atoms with van der Waals surface area (Å²) in [7, 11) is 0. The largest absolute Gasteiger partial charge is 0.382 e. The van der Waals surface area contributed by atoms with E-state index in [9.17, 15) is 14.4 Å². The number of halogens is 1. The fourth-order valence-corrected chi connectivity index (χ4v) is 3.71. The van der Waals surface area contributed by atoms with Crippen molar-refractivity contribution in [3.63, 3.8) is 0 Å². The van der Waals surface area contributed by atoms with Crippen molar-refractivity contribution >= 4 is 22.6 Å². The number of benzene rings is 2. The Morgan fingerprint density at radius 2 is 1.97 bits per heavy atom. The van der Waals surface area contributed by atoms with Crippen molar-refractivity contribution in [1.29, 1.82) is 5.26 Å². The van der Waals surface area contributed by atoms with E-state index in [4.69, 9.17) is 5.73 Å². The normalized spacial score (nSPS) is 10.9. The van der Waals surface area contributed by atoms with Gasteiger partial charge < -0.3 is 16.0 Å². The van der Waals surface area contributed by atoms with Gasteiger partial charge in [0.2, 0.25) is 5.91 Å². The number of rotatable bonds is 8. The highest BCUT2D eigenvalue weighted by atomic mass is 19.1. The molecule has 32 heavy (non-hydrogen) atoms. The molecule has 0 saturated heterocycles. The second-order valence-electron chi connectivity index (χ2n) is 7.52. The first-order valence-electron chi connectivity index (χ1n) is 10.4. The number of aromatic nitrogens is 3. The fraction of sp³-hybridized carbons (Fsp3) is 0.208. The molecule has 0 aliphatic rings. The highest BCUT2D eigenvalue weighted by Gasteiger charge is 2.16. The number of hydrogen-bond donors (Lipinski definition) is 3. The molecule has 162 valence electrons. The van der Waals surface area contributed by atoms with Crippen LogP contribution in [0.2, 0.25) is 0 Å². The zero-order valence-electron chi connectivity index (χ0n) is 17.4. The van der Waals surface area contributed by atoms with Gasteiger partial charge in [-0.3, -0.25) is 4.79 Å². The van der Waals surface area contributed by atoms with E-state index < -0.39 is 0 Å². The number of fused-ring (bicyclic) bond motifs is 1. The molecule has 4 aromatic rings. The molecule has 4 N–H and O–H groups in total. The van der Waals surface area contributed by atoms with E-state index in [-0.39, 0.29) is 17.5 Å². The number of aryl methyl sites for hydroxylation is 2. The molecule has 1 amide bonds. The summed E-state index contributed by atoms with van der Waals surface area (Å²) in [4.78, 5) is 15.5. The van der Waals surface area contributed by atoms with Crippen LogP contribution in [0.25, 0.3) is 16.6 Å². The van der Waals surface area contributed by atoms with Gasteiger partial charge in [0.25, 0.3) is 0 Å². The minimum atomic E-state index is -0.361. The number of amides is 1. The number of nitriles is 1. The lowest BCUT2D eigenvalue weighted by Gasteiger charge is -2.05. The molecule has 0 saturated carbocycles. The highest BCUT2D eigenvalue weighted by Crippen LogP contribution is 2.22. The van der Waals surface area contributed by atoms with Crippen LogP contribution in [-0.4, -0.2) is 27.2 Å². The maximum Gasteiger partial charge on any atom is 0.220 e. The topological polar surface area (TPSA) is 113 Å². The van der Waals surface area contributed by atoms with E-state index in [1.165, 1.54) is 16.8 Å². The maximum atomic E-state index is 13.2. The fourth-order valence-electron chi connectivity index (χ4n) is 3.71. The Morgan fingerprint density at radius 3 is 2.75 bits per heavy atom. The van der Waals surface area contributed by atoms with Crippen LogP contribution in [0.4, 0.5) is 10.2 Å². The van der Waals surface area contributed by atoms with Gasteiger partial charge in [0.05, 0.1) is 11.4 Å². The third-order valence-electron chi connectivity index (χ3n) is 5.39. The highest BCUT2D eigenvalue weighted by molar-refractivity contribution is 5.84. The van der Waals surface area contributed by atoms with Crippen molar-refractivity contribution in [2.45, 2.75) is 25.7 Å². The predicted octanol–water partition coefficient (Wildman–Crippen LogP) is 3.63. The number of nitrogen functional groups attached to an aromatic ring is 1. The van der Waals surface area contributed by atoms with Crippen LogP contribution in [0.15, 0.2) is 54.7 Å². The monoisotopic (exact) mass is 430 g/mol. The molecule has 8 heteroatoms. The number of nitrogens with two attached hydrogens (primary N) is 1. The Labute approximate surface area is 184 Å². The van der Waals surface area contributed by atoms with E-state index in [0.29, 0.717) is 49.2 Å². The lowest BCUT2D eigenvalue weighted by atomic mass is 10.1. The predicted molar refractivity (Wildman–Crippen MR) is 121 cm³/mol. The minimum Gasteiger partial charge on any atom is -0.382 e. The van der Waals surface area contributed by atoms with E-state index >= 15 is 0 Å². The molecular weight excluding hydrogens is 407 g/mol. The molecule has 4 rings (SSSR count). The quantitative estimate of drug-likeness (QED) is 0.371. The molecule has 0 bridgehead atoms. The Balaban J connectivity index is 1.29. The average molecular weight is 430 g/mol. The Bertz CT molecular complexity index is 1280. The Morgan fingerprint density at radius 1 is 1.19 bits per heavy atom. The van der Waals surface area contributed by atoms with Gasteiger partial charge in [-0.1, -0.05) is 18.2 Å². The van der Waals surface area contributed by atoms with Gasteiger partial charge in [0, 0.05) is 30.1 Å². The maximum absolute atomic E-state index is 13.2. The van der Waals surface area contributed by atoms with E-state index in [1.807, 2.05) is 30.5 Å². The van der Waals surface area contributed by atoms with Crippen LogP contribution < -0.4 is 11.1 Å². The number of hydrogen-bond acceptors (Lipinski definition) is 4. The molecule has 2 aromatic carbocycles. The molecule has 0 fully saturated rings. The Kier molecular flexibility index (Phi) is 6.17. The summed E-state index contributed by atoms with van der Waals surface area (Å²) in [6.07, 6.45) is 4.12. The molecule has 0 unspecified atom stereocenters. The smallest absolute Gasteiger partial charge is 0.220 e. The van der Waals surface area contributed by atoms with Crippen molar-refractivity contribution in [3.8, 4) is 11.8 Å². The van der Waals surface area contributed by atoms with Crippen molar-refractivity contribution in [2.24, 2.45) is 0 Å². The molecular formula is C24H23FN6O. The first-order valence-corrected chi connectivity index (χ1v) is 10.4. The molecule has 0 aliphatic carbocycles. The third-order valence-corrected chi connectivity index (χ3v) is 5.39. The summed E-state index contributed by atoms with van der Waals surface area (Å²) in [5.41, 5.74) is 9.71. The van der Waals surface area contributed by atoms with E-state index in [1.54, 1.807) is 12.1 Å². The lowest BCUT2D eigenvalue weighted by Crippen LogP contribution is -2.25. The summed E-state index contributed by atoms with van der Waals surface area (Å²) in [5, 5.41) is 18.0. The number of nitrogens with zero attached hydrogens (tertiary/aromatic N) is 3. The molecule has 0 atom stereocenters. The number of H-pyrrole nitrogens is 1. The van der Waals surface area contributed by atoms with Gasteiger partial charge in [-0.25, -0.2) is 9.07 Å². The van der Waals surface area contributed by atoms with Gasteiger partial charge in [-0.2, -0.15) is 10.4 Å². The summed E-state index contributed by atoms with van der Waals surface area (Å²) in [6.45, 7) is 0.473. The van der Waals surface area contributed by atoms with Crippen molar-refractivity contribution in [3.05, 3.63) is 77.4 Å². The standard InChI is InChI=1S/C24H23FN6O/c25-17-8-10-18(11-9-17)31-24(27)20(14-26)22(30-31)6-3-13-28-23(32)12-7-16-15-29-21-5-2-1-4-19(16)21/h1-2,4-5,8-11,15,29H,3,6-7,12-13,27H2,(H,28,32). The zero-order valence-corrected chi connectivity index (χ0v) is 17.4. The number of carbonyl (C=O) groups excluding carboxylic acids is 1. The molecule has 0 aliphatic heterocycles. The lowest BCUT2D eigenvalue weighted by molar-refractivity contribution is -0.121. The first-order chi connectivity index (χ1) is 15.6. The van der Waals surface area contributed by atoms with Crippen LogP contribution >= 0.6 is 0 Å². The van der Waals surface area contributed by atoms with Crippen LogP contribution in [0.1, 0.15) is 29.7 Å². The Hall–Kier alpha value is -4.12. The number of para-hydroxylation sites is 1. The van der Waals surface area contributed by atoms with Crippen LogP contribution in [-0.2, 0) is 17.6 Å². The van der Waals surface area contributed by atoms with Crippen LogP contribution in [0, 0.1) is 17.1 Å². The van der Waals surface area contributed by atoms with Gasteiger partial charge in [-0.05, 0) is 55.2 Å². The minimum absolute atomic E-state index is 0.0212. The zero-order chi connectivity index (χ0) is 22.5. The molecule has 0 spiro atoms. The third kappa shape index (κ3) is 4.47. The second kappa shape index (κ2) is 9.35. The van der Waals surface area contributed by atoms with Crippen molar-refractivity contribution in [2.75, 3.05) is 12.3 Å². The molecule has 2 aromatic heterocycles. The number of anilines is 1. The number of aromatic amines is 1. The summed E-state index contributed by atoms with van der Waals surface area (Å²) in [5.74, 6) is -0.162. The van der Waals surface area contributed by atoms with Crippen LogP contribution in [0.5, 0.6) is 0 Å². The number of carbonyl (C=O) groups is 1. The van der Waals surface area contributed by atoms with E-state index in [0.717, 1.165) is 16.5 Å². The summed E-state index contributed by atoms with van der Waals surface area (Å²) >= 11 is 0. The van der Waals surface area contributed by atoms with E-state index in [2.05, 4.69) is 21.5 Å². The second-order valence-corrected chi connectivity index (χ2v) is 7.52. The van der Waals surface area contributed by atoms with Gasteiger partial charge in [0.1, 0.15) is 23.3 Å². The van der Waals surface area contributed by atoms with Gasteiger partial charge >= 0.3 is 0 Å². The van der Waals surface area contributed by atoms with Crippen molar-refractivity contribution in [1.82, 2.24) is 20.1 Å². The summed E-state index contributed by atoms with van der Waals surface area (Å²) in [6, 6.07) is 15.8. The van der Waals surface area contributed by atoms with Gasteiger partial charge in [0.15, 0.2) is 0 Å². The average Bonchev–Trinajstić information content (AvgIpc) is 3.36.